The van der Waals surface area contributed by atoms with Crippen molar-refractivity contribution in [3.63, 3.8) is 0 Å². The molecule has 0 unspecified atom stereocenters. The van der Waals surface area contributed by atoms with E-state index >= 15 is 0 Å². The highest BCUT2D eigenvalue weighted by atomic mass is 32.2. The molecule has 19 heavy (non-hydrogen) atoms. The van der Waals surface area contributed by atoms with Crippen LogP contribution in [0.3, 0.4) is 0 Å². The Balaban J connectivity index is 3.25. The van der Waals surface area contributed by atoms with Gasteiger partial charge < -0.3 is 11.1 Å². The minimum absolute atomic E-state index is 0.0701. The lowest BCUT2D eigenvalue weighted by Gasteiger charge is -2.21. The van der Waals surface area contributed by atoms with Gasteiger partial charge in [0.1, 0.15) is 4.90 Å². The third-order valence-electron chi connectivity index (χ3n) is 2.79. The molecule has 0 heterocycles. The number of carbonyl (C=O) groups is 1. The largest absolute Gasteiger partial charge is 0.398 e. The molecule has 0 aliphatic heterocycles. The number of nitrogens with one attached hydrogen (secondary N) is 1. The second-order valence-electron chi connectivity index (χ2n) is 4.10. The summed E-state index contributed by atoms with van der Waals surface area (Å²) in [5, 5.41) is 2.41. The summed E-state index contributed by atoms with van der Waals surface area (Å²) in [6, 6.07) is 4.91. The van der Waals surface area contributed by atoms with E-state index in [0.717, 1.165) is 4.31 Å². The van der Waals surface area contributed by atoms with Gasteiger partial charge in [0.25, 0.3) is 0 Å². The molecule has 6 nitrogen and oxygen atoms in total. The fourth-order valence-electron chi connectivity index (χ4n) is 1.76. The fraction of sp³-hybridized carbons (Fsp3) is 0.417. The van der Waals surface area contributed by atoms with Gasteiger partial charge in [0.05, 0.1) is 12.2 Å². The number of hydrogen-bond donors (Lipinski definition) is 2. The zero-order valence-corrected chi connectivity index (χ0v) is 12.1. The molecule has 0 saturated heterocycles. The highest BCUT2D eigenvalue weighted by molar-refractivity contribution is 7.89. The third kappa shape index (κ3) is 3.24. The van der Waals surface area contributed by atoms with Crippen LogP contribution in [-0.4, -0.2) is 38.8 Å². The van der Waals surface area contributed by atoms with Gasteiger partial charge in [-0.2, -0.15) is 4.31 Å². The average Bonchev–Trinajstić information content (AvgIpc) is 2.34. The van der Waals surface area contributed by atoms with Crippen LogP contribution in [0.15, 0.2) is 23.1 Å². The molecule has 0 bridgehead atoms. The summed E-state index contributed by atoms with van der Waals surface area (Å²) < 4.78 is 26.1. The van der Waals surface area contributed by atoms with E-state index in [0.29, 0.717) is 5.56 Å². The first-order valence-electron chi connectivity index (χ1n) is 5.90. The summed E-state index contributed by atoms with van der Waals surface area (Å²) in [5.41, 5.74) is 6.51. The van der Waals surface area contributed by atoms with Gasteiger partial charge in [-0.25, -0.2) is 8.42 Å². The van der Waals surface area contributed by atoms with Crippen LogP contribution in [0, 0.1) is 6.92 Å². The SMILES string of the molecule is CCN(CC(=O)NC)S(=O)(=O)c1c(C)cccc1N. The summed E-state index contributed by atoms with van der Waals surface area (Å²) in [6.45, 7) is 3.33. The molecule has 0 saturated carbocycles. The summed E-state index contributed by atoms with van der Waals surface area (Å²) in [5.74, 6) is -0.363. The van der Waals surface area contributed by atoms with Crippen LogP contribution in [0.2, 0.25) is 0 Å². The molecule has 106 valence electrons. The quantitative estimate of drug-likeness (QED) is 0.763. The maximum Gasteiger partial charge on any atom is 0.245 e. The molecule has 0 radical (unpaired) electrons. The predicted octanol–water partition coefficient (Wildman–Crippen LogP) is 0.334. The first-order valence-corrected chi connectivity index (χ1v) is 7.34. The van der Waals surface area contributed by atoms with Crippen LogP contribution in [0.4, 0.5) is 5.69 Å². The Hall–Kier alpha value is -1.60. The number of carbonyl (C=O) groups excluding carboxylic acids is 1. The zero-order chi connectivity index (χ0) is 14.6. The summed E-state index contributed by atoms with van der Waals surface area (Å²) in [7, 11) is -2.31. The third-order valence-corrected chi connectivity index (χ3v) is 4.93. The van der Waals surface area contributed by atoms with E-state index in [1.807, 2.05) is 0 Å². The molecular formula is C12H19N3O3S. The lowest BCUT2D eigenvalue weighted by molar-refractivity contribution is -0.120. The van der Waals surface area contributed by atoms with Gasteiger partial charge >= 0.3 is 0 Å². The Morgan fingerprint density at radius 3 is 2.53 bits per heavy atom. The number of nitrogen functional groups attached to an aromatic ring is 1. The van der Waals surface area contributed by atoms with Crippen molar-refractivity contribution in [3.05, 3.63) is 23.8 Å². The van der Waals surface area contributed by atoms with Crippen molar-refractivity contribution < 1.29 is 13.2 Å². The van der Waals surface area contributed by atoms with Crippen molar-refractivity contribution in [1.29, 1.82) is 0 Å². The van der Waals surface area contributed by atoms with Gasteiger partial charge in [0, 0.05) is 13.6 Å². The Morgan fingerprint density at radius 1 is 1.42 bits per heavy atom. The molecule has 1 aromatic carbocycles. The number of nitrogens with two attached hydrogens (primary N) is 1. The van der Waals surface area contributed by atoms with Crippen LogP contribution in [-0.2, 0) is 14.8 Å². The summed E-state index contributed by atoms with van der Waals surface area (Å²) >= 11 is 0. The second-order valence-corrected chi connectivity index (χ2v) is 5.97. The number of sulfonamides is 1. The van der Waals surface area contributed by atoms with Crippen LogP contribution >= 0.6 is 0 Å². The molecule has 0 aliphatic rings. The van der Waals surface area contributed by atoms with Gasteiger partial charge in [0.2, 0.25) is 15.9 Å². The van der Waals surface area contributed by atoms with Crippen LogP contribution in [0.1, 0.15) is 12.5 Å². The second kappa shape index (κ2) is 6.03. The van der Waals surface area contributed by atoms with Crippen LogP contribution < -0.4 is 11.1 Å². The van der Waals surface area contributed by atoms with E-state index in [2.05, 4.69) is 5.32 Å². The molecule has 0 aliphatic carbocycles. The van der Waals surface area contributed by atoms with Crippen LogP contribution in [0.5, 0.6) is 0 Å². The lowest BCUT2D eigenvalue weighted by Crippen LogP contribution is -2.39. The normalized spacial score (nSPS) is 11.6. The standard InChI is InChI=1S/C12H19N3O3S/c1-4-15(8-11(16)14-3)19(17,18)12-9(2)6-5-7-10(12)13/h5-7H,4,8,13H2,1-3H3,(H,14,16). The first-order chi connectivity index (χ1) is 8.84. The van der Waals surface area contributed by atoms with E-state index in [9.17, 15) is 13.2 Å². The molecule has 1 amide bonds. The Morgan fingerprint density at radius 2 is 2.05 bits per heavy atom. The molecule has 3 N–H and O–H groups in total. The maximum absolute atomic E-state index is 12.5. The van der Waals surface area contributed by atoms with Gasteiger partial charge in [-0.3, -0.25) is 4.79 Å². The molecule has 0 spiro atoms. The fourth-order valence-corrected chi connectivity index (χ4v) is 3.49. The average molecular weight is 285 g/mol. The molecule has 1 rings (SSSR count). The number of likely N-dealkylation sites (N-methyl/N-ethyl adjacent to an activating group) is 2. The number of aryl methyl sites for hydroxylation is 1. The van der Waals surface area contributed by atoms with E-state index in [4.69, 9.17) is 5.73 Å². The lowest BCUT2D eigenvalue weighted by atomic mass is 10.2. The van der Waals surface area contributed by atoms with Gasteiger partial charge in [-0.05, 0) is 18.6 Å². The summed E-state index contributed by atoms with van der Waals surface area (Å²) in [6.07, 6.45) is 0. The first kappa shape index (κ1) is 15.5. The predicted molar refractivity (Wildman–Crippen MR) is 74.1 cm³/mol. The number of anilines is 1. The molecule has 7 heteroatoms. The zero-order valence-electron chi connectivity index (χ0n) is 11.3. The van der Waals surface area contributed by atoms with Crippen molar-refractivity contribution in [1.82, 2.24) is 9.62 Å². The monoisotopic (exact) mass is 285 g/mol. The van der Waals surface area contributed by atoms with Crippen molar-refractivity contribution >= 4 is 21.6 Å². The number of benzene rings is 1. The minimum Gasteiger partial charge on any atom is -0.398 e. The van der Waals surface area contributed by atoms with Gasteiger partial charge in [0.15, 0.2) is 0 Å². The number of rotatable bonds is 5. The topological polar surface area (TPSA) is 92.5 Å². The molecule has 1 aromatic rings. The van der Waals surface area contributed by atoms with Crippen molar-refractivity contribution in [2.45, 2.75) is 18.7 Å². The van der Waals surface area contributed by atoms with Crippen molar-refractivity contribution in [2.75, 3.05) is 25.9 Å². The van der Waals surface area contributed by atoms with E-state index in [1.54, 1.807) is 26.0 Å². The highest BCUT2D eigenvalue weighted by Crippen LogP contribution is 2.25. The highest BCUT2D eigenvalue weighted by Gasteiger charge is 2.28. The van der Waals surface area contributed by atoms with Crippen LogP contribution in [0.25, 0.3) is 0 Å². The van der Waals surface area contributed by atoms with Crippen molar-refractivity contribution in [2.24, 2.45) is 0 Å². The Kier molecular flexibility index (Phi) is 4.90. The Bertz CT molecular complexity index is 549. The molecular weight excluding hydrogens is 266 g/mol. The van der Waals surface area contributed by atoms with Gasteiger partial charge in [-0.15, -0.1) is 0 Å². The molecule has 0 aromatic heterocycles. The van der Waals surface area contributed by atoms with E-state index in [-0.39, 0.29) is 29.6 Å². The van der Waals surface area contributed by atoms with Gasteiger partial charge in [-0.1, -0.05) is 19.1 Å². The number of nitrogens with zero attached hydrogens (tertiary/aromatic N) is 1. The minimum atomic E-state index is -3.77. The number of amides is 1. The summed E-state index contributed by atoms with van der Waals surface area (Å²) in [4.78, 5) is 11.5. The van der Waals surface area contributed by atoms with E-state index in [1.165, 1.54) is 13.1 Å². The number of hydrogen-bond acceptors (Lipinski definition) is 4. The molecule has 0 atom stereocenters. The van der Waals surface area contributed by atoms with E-state index < -0.39 is 10.0 Å². The molecule has 0 fully saturated rings. The Labute approximate surface area is 113 Å². The van der Waals surface area contributed by atoms with Crippen molar-refractivity contribution in [3.8, 4) is 0 Å². The maximum atomic E-state index is 12.5. The smallest absolute Gasteiger partial charge is 0.245 e.